The minimum atomic E-state index is -0.688. The molecule has 0 radical (unpaired) electrons. The second-order valence-corrected chi connectivity index (χ2v) is 10.2. The lowest BCUT2D eigenvalue weighted by atomic mass is 9.81. The summed E-state index contributed by atoms with van der Waals surface area (Å²) in [7, 11) is 3.81. The highest BCUT2D eigenvalue weighted by atomic mass is 16.5. The van der Waals surface area contributed by atoms with Crippen molar-refractivity contribution >= 4 is 11.6 Å². The maximum atomic E-state index is 12.9. The van der Waals surface area contributed by atoms with Gasteiger partial charge in [0.15, 0.2) is 0 Å². The number of fused-ring (bicyclic) bond motifs is 6. The maximum Gasteiger partial charge on any atom is 0.244 e. The molecule has 1 aromatic carbocycles. The number of rotatable bonds is 4. The molecule has 5 aliphatic heterocycles. The SMILES string of the molecule is COc1c(NC(=O)[C@H]2NCCC[C@H]2O)ccc2c1[C@@H]1CO[C@@H]3[C@@H]4C[C@@H](CO)[C@H]([C@H](C2)N31)N4C. The summed E-state index contributed by atoms with van der Waals surface area (Å²) in [6.45, 7) is 1.51. The van der Waals surface area contributed by atoms with Gasteiger partial charge in [0.1, 0.15) is 18.0 Å². The van der Waals surface area contributed by atoms with E-state index in [1.165, 1.54) is 5.56 Å². The highest BCUT2D eigenvalue weighted by Gasteiger charge is 2.60. The molecule has 5 aliphatic rings. The van der Waals surface area contributed by atoms with Gasteiger partial charge in [-0.2, -0.15) is 0 Å². The van der Waals surface area contributed by atoms with E-state index in [0.29, 0.717) is 30.5 Å². The summed E-state index contributed by atoms with van der Waals surface area (Å²) in [5, 5.41) is 26.5. The highest BCUT2D eigenvalue weighted by molar-refractivity contribution is 5.97. The summed E-state index contributed by atoms with van der Waals surface area (Å²) >= 11 is 0. The van der Waals surface area contributed by atoms with Gasteiger partial charge in [-0.15, -0.1) is 0 Å². The van der Waals surface area contributed by atoms with Gasteiger partial charge in [0.05, 0.1) is 31.5 Å². The Bertz CT molecular complexity index is 944. The van der Waals surface area contributed by atoms with Crippen molar-refractivity contribution < 1.29 is 24.5 Å². The van der Waals surface area contributed by atoms with Crippen LogP contribution >= 0.6 is 0 Å². The van der Waals surface area contributed by atoms with Crippen molar-refractivity contribution in [1.82, 2.24) is 15.1 Å². The topological polar surface area (TPSA) is 107 Å². The number of nitrogens with one attached hydrogen (secondary N) is 2. The van der Waals surface area contributed by atoms with Gasteiger partial charge in [-0.1, -0.05) is 6.07 Å². The normalized spacial score (nSPS) is 39.8. The minimum absolute atomic E-state index is 0.00971. The predicted molar refractivity (Wildman–Crippen MR) is 121 cm³/mol. The number of hydrogen-bond donors (Lipinski definition) is 4. The van der Waals surface area contributed by atoms with Gasteiger partial charge in [0.25, 0.3) is 0 Å². The quantitative estimate of drug-likeness (QED) is 0.502. The molecule has 2 bridgehead atoms. The summed E-state index contributed by atoms with van der Waals surface area (Å²) in [5.41, 5.74) is 2.94. The van der Waals surface area contributed by atoms with Crippen LogP contribution in [0.15, 0.2) is 12.1 Å². The predicted octanol–water partition coefficient (Wildman–Crippen LogP) is 0.0655. The average molecular weight is 459 g/mol. The molecule has 4 fully saturated rings. The summed E-state index contributed by atoms with van der Waals surface area (Å²) < 4.78 is 12.3. The number of anilines is 1. The van der Waals surface area contributed by atoms with Crippen molar-refractivity contribution in [1.29, 1.82) is 0 Å². The molecule has 9 nitrogen and oxygen atoms in total. The number of piperidine rings is 1. The first-order chi connectivity index (χ1) is 16.0. The number of aliphatic hydroxyl groups is 2. The minimum Gasteiger partial charge on any atom is -0.494 e. The Morgan fingerprint density at radius 1 is 1.36 bits per heavy atom. The zero-order valence-electron chi connectivity index (χ0n) is 19.2. The lowest BCUT2D eigenvalue weighted by molar-refractivity contribution is -0.121. The zero-order chi connectivity index (χ0) is 22.9. The van der Waals surface area contributed by atoms with Crippen LogP contribution in [0.4, 0.5) is 5.69 Å². The van der Waals surface area contributed by atoms with E-state index in [1.54, 1.807) is 7.11 Å². The molecule has 1 aromatic rings. The lowest BCUT2D eigenvalue weighted by Gasteiger charge is -2.51. The number of aliphatic hydroxyl groups excluding tert-OH is 2. The van der Waals surface area contributed by atoms with Gasteiger partial charge in [0, 0.05) is 36.2 Å². The number of hydrogen-bond acceptors (Lipinski definition) is 8. The number of carbonyl (C=O) groups is 1. The molecular weight excluding hydrogens is 424 g/mol. The molecular formula is C24H34N4O5. The molecule has 1 amide bonds. The van der Waals surface area contributed by atoms with Gasteiger partial charge in [-0.05, 0) is 50.9 Å². The number of carbonyl (C=O) groups excluding carboxylic acids is 1. The fourth-order valence-corrected chi connectivity index (χ4v) is 7.24. The van der Waals surface area contributed by atoms with E-state index in [2.05, 4.69) is 33.5 Å². The van der Waals surface area contributed by atoms with E-state index in [4.69, 9.17) is 9.47 Å². The van der Waals surface area contributed by atoms with E-state index >= 15 is 0 Å². The summed E-state index contributed by atoms with van der Waals surface area (Å²) in [4.78, 5) is 17.9. The van der Waals surface area contributed by atoms with Crippen molar-refractivity contribution in [2.75, 3.05) is 39.2 Å². The van der Waals surface area contributed by atoms with Gasteiger partial charge >= 0.3 is 0 Å². The molecule has 180 valence electrons. The number of nitrogens with zero attached hydrogens (tertiary/aromatic N) is 2. The van der Waals surface area contributed by atoms with Crippen LogP contribution < -0.4 is 15.4 Å². The molecule has 4 saturated heterocycles. The number of ether oxygens (including phenoxy) is 2. The summed E-state index contributed by atoms with van der Waals surface area (Å²) in [6, 6.07) is 4.32. The van der Waals surface area contributed by atoms with E-state index in [1.807, 2.05) is 6.07 Å². The summed E-state index contributed by atoms with van der Waals surface area (Å²) in [6.07, 6.45) is 2.62. The van der Waals surface area contributed by atoms with E-state index in [9.17, 15) is 15.0 Å². The number of amides is 1. The van der Waals surface area contributed by atoms with E-state index < -0.39 is 12.1 Å². The Labute approximate surface area is 194 Å². The molecule has 0 aliphatic carbocycles. The Morgan fingerprint density at radius 3 is 2.97 bits per heavy atom. The Kier molecular flexibility index (Phi) is 5.39. The lowest BCUT2D eigenvalue weighted by Crippen LogP contribution is -2.64. The van der Waals surface area contributed by atoms with Crippen LogP contribution in [-0.4, -0.2) is 96.3 Å². The molecule has 5 heterocycles. The molecule has 4 N–H and O–H groups in total. The van der Waals surface area contributed by atoms with Gasteiger partial charge in [-0.3, -0.25) is 14.6 Å². The zero-order valence-corrected chi connectivity index (χ0v) is 19.2. The molecule has 0 saturated carbocycles. The fourth-order valence-electron chi connectivity index (χ4n) is 7.24. The van der Waals surface area contributed by atoms with Crippen LogP contribution in [-0.2, 0) is 16.0 Å². The first-order valence-electron chi connectivity index (χ1n) is 12.2. The van der Waals surface area contributed by atoms with Crippen LogP contribution in [0.3, 0.4) is 0 Å². The van der Waals surface area contributed by atoms with Crippen molar-refractivity contribution in [3.63, 3.8) is 0 Å². The number of benzene rings is 1. The van der Waals surface area contributed by atoms with E-state index in [-0.39, 0.29) is 42.8 Å². The fraction of sp³-hybridized carbons (Fsp3) is 0.708. The number of likely N-dealkylation sites (N-methyl/N-ethyl adjacent to an activating group) is 1. The standard InChI is InChI=1S/C24H34N4O5/c1-27-16-9-13(10-29)21(27)15-8-12-5-6-14(26-23(31)20-18(30)4-3-7-25-20)22(32-2)19(12)17-11-33-24(16)28(15)17/h5-6,13,15-18,20-21,24-25,29-30H,3-4,7-11H2,1-2H3,(H,26,31)/t13-,15-,16-,17-,18+,20-,21+,24+/m0/s1. The maximum absolute atomic E-state index is 12.9. The number of piperazine rings is 1. The molecule has 0 unspecified atom stereocenters. The summed E-state index contributed by atoms with van der Waals surface area (Å²) in [5.74, 6) is 0.707. The monoisotopic (exact) mass is 458 g/mol. The van der Waals surface area contributed by atoms with Crippen molar-refractivity contribution in [3.8, 4) is 5.75 Å². The van der Waals surface area contributed by atoms with Crippen LogP contribution in [0.5, 0.6) is 5.75 Å². The number of methoxy groups -OCH3 is 1. The van der Waals surface area contributed by atoms with E-state index in [0.717, 1.165) is 31.4 Å². The molecule has 33 heavy (non-hydrogen) atoms. The second-order valence-electron chi connectivity index (χ2n) is 10.2. The van der Waals surface area contributed by atoms with Crippen molar-refractivity contribution in [2.45, 2.75) is 68.2 Å². The molecule has 6 rings (SSSR count). The van der Waals surface area contributed by atoms with Crippen LogP contribution in [0, 0.1) is 5.92 Å². The van der Waals surface area contributed by atoms with Crippen molar-refractivity contribution in [3.05, 3.63) is 23.3 Å². The third-order valence-electron chi connectivity index (χ3n) is 8.66. The Hall–Kier alpha value is -1.75. The molecule has 0 spiro atoms. The highest BCUT2D eigenvalue weighted by Crippen LogP contribution is 2.53. The van der Waals surface area contributed by atoms with Gasteiger partial charge in [-0.25, -0.2) is 0 Å². The molecule has 8 atom stereocenters. The van der Waals surface area contributed by atoms with Gasteiger partial charge in [0.2, 0.25) is 5.91 Å². The smallest absolute Gasteiger partial charge is 0.244 e. The third kappa shape index (κ3) is 3.17. The average Bonchev–Trinajstić information content (AvgIpc) is 3.36. The van der Waals surface area contributed by atoms with Crippen LogP contribution in [0.1, 0.15) is 36.4 Å². The first-order valence-corrected chi connectivity index (χ1v) is 12.2. The first kappa shape index (κ1) is 21.8. The van der Waals surface area contributed by atoms with Crippen molar-refractivity contribution in [2.24, 2.45) is 5.92 Å². The largest absolute Gasteiger partial charge is 0.494 e. The van der Waals surface area contributed by atoms with Crippen LogP contribution in [0.25, 0.3) is 0 Å². The molecule has 0 aromatic heterocycles. The van der Waals surface area contributed by atoms with Gasteiger partial charge < -0.3 is 30.3 Å². The Balaban J connectivity index is 1.34. The third-order valence-corrected chi connectivity index (χ3v) is 8.66. The van der Waals surface area contributed by atoms with Crippen LogP contribution in [0.2, 0.25) is 0 Å². The molecule has 9 heteroatoms. The Morgan fingerprint density at radius 2 is 2.21 bits per heavy atom. The second kappa shape index (κ2) is 8.18.